The van der Waals surface area contributed by atoms with Gasteiger partial charge >= 0.3 is 11.9 Å². The predicted octanol–water partition coefficient (Wildman–Crippen LogP) is -2.18. The molecule has 0 unspecified atom stereocenters. The van der Waals surface area contributed by atoms with Crippen molar-refractivity contribution in [1.82, 2.24) is 19.6 Å². The number of nitrogens with one attached hydrogen (secondary N) is 1. The fraction of sp³-hybridized carbons (Fsp3) is 0.211. The Morgan fingerprint density at radius 2 is 1.97 bits per heavy atom. The van der Waals surface area contributed by atoms with Crippen LogP contribution in [0.2, 0.25) is 0 Å². The summed E-state index contributed by atoms with van der Waals surface area (Å²) in [5, 5.41) is 33.0. The maximum absolute atomic E-state index is 12.9. The summed E-state index contributed by atoms with van der Waals surface area (Å²) in [6.45, 7) is -0.0975. The van der Waals surface area contributed by atoms with Crippen LogP contribution in [0.4, 0.5) is 5.13 Å². The number of nitrogens with two attached hydrogens (primary N) is 2. The van der Waals surface area contributed by atoms with E-state index >= 15 is 0 Å². The first-order valence-corrected chi connectivity index (χ1v) is 11.9. The molecule has 8 N–H and O–H groups in total. The van der Waals surface area contributed by atoms with Crippen molar-refractivity contribution < 1.29 is 44.0 Å². The van der Waals surface area contributed by atoms with Gasteiger partial charge in [-0.15, -0.1) is 11.8 Å². The smallest absolute Gasteiger partial charge is 0.352 e. The molecule has 0 aromatic carbocycles. The minimum absolute atomic E-state index is 0.0269. The molecular formula is C19H17N8O8S2+. The maximum atomic E-state index is 12.9. The number of rotatable bonds is 8. The van der Waals surface area contributed by atoms with Crippen molar-refractivity contribution in [1.29, 1.82) is 0 Å². The van der Waals surface area contributed by atoms with E-state index in [0.29, 0.717) is 5.57 Å². The van der Waals surface area contributed by atoms with Gasteiger partial charge in [-0.1, -0.05) is 5.16 Å². The summed E-state index contributed by atoms with van der Waals surface area (Å²) in [6, 6.07) is 0.0825. The molecule has 4 heterocycles. The highest BCUT2D eigenvalue weighted by Gasteiger charge is 2.55. The van der Waals surface area contributed by atoms with Gasteiger partial charge in [0, 0.05) is 28.9 Å². The Balaban J connectivity index is 1.56. The van der Waals surface area contributed by atoms with Crippen LogP contribution in [0.1, 0.15) is 26.5 Å². The van der Waals surface area contributed by atoms with Crippen LogP contribution in [0.25, 0.3) is 0 Å². The lowest BCUT2D eigenvalue weighted by Gasteiger charge is -2.49. The van der Waals surface area contributed by atoms with E-state index in [1.165, 1.54) is 28.6 Å². The molecule has 1 fully saturated rings. The van der Waals surface area contributed by atoms with Crippen molar-refractivity contribution in [2.45, 2.75) is 18.0 Å². The highest BCUT2D eigenvalue weighted by molar-refractivity contribution is 8.00. The third kappa shape index (κ3) is 4.66. The third-order valence-corrected chi connectivity index (χ3v) is 7.27. The first kappa shape index (κ1) is 25.5. The van der Waals surface area contributed by atoms with Gasteiger partial charge in [0.25, 0.3) is 11.8 Å². The fourth-order valence-electron chi connectivity index (χ4n) is 3.78. The number of oxime groups is 1. The van der Waals surface area contributed by atoms with Gasteiger partial charge < -0.3 is 32.2 Å². The number of aliphatic carboxylic acids is 1. The Labute approximate surface area is 214 Å². The third-order valence-electron chi connectivity index (χ3n) is 5.39. The van der Waals surface area contributed by atoms with Gasteiger partial charge in [0.15, 0.2) is 24.1 Å². The summed E-state index contributed by atoms with van der Waals surface area (Å²) in [4.78, 5) is 65.3. The molecule has 0 aliphatic carbocycles. The molecule has 1 saturated heterocycles. The molecule has 2 aliphatic rings. The SMILES string of the molecule is NC(=O)c1cc[n+](CC2=C(C(=O)O)N3C(=O)[C@@H](NC(=O)/C(=N\O)c4nsc(N)n4)[C@H]3SC2)cc1C(=O)O. The van der Waals surface area contributed by atoms with Crippen molar-refractivity contribution >= 4 is 63.8 Å². The van der Waals surface area contributed by atoms with E-state index in [0.717, 1.165) is 22.6 Å². The molecule has 3 amide bonds. The average molecular weight is 550 g/mol. The van der Waals surface area contributed by atoms with Crippen LogP contribution in [-0.4, -0.2) is 82.2 Å². The van der Waals surface area contributed by atoms with E-state index in [1.807, 2.05) is 0 Å². The van der Waals surface area contributed by atoms with E-state index in [2.05, 4.69) is 19.8 Å². The van der Waals surface area contributed by atoms with Crippen LogP contribution in [0.5, 0.6) is 0 Å². The standard InChI is InChI=1S/C19H16N8O8S2/c20-12(28)7-1-2-26(4-8(7)17(31)32)3-6-5-36-16-10(15(30)27(16)11(6)18(33)34)22-14(29)9(24-35)13-23-19(21)37-25-13/h1-2,4,10,16H,3,5H2,(H7-,20,21,22,23,25,28,29,31,32,33,34,35)/p+1/t10-,16-/m1/s1. The zero-order chi connectivity index (χ0) is 27.0. The Morgan fingerprint density at radius 3 is 2.54 bits per heavy atom. The topological polar surface area (TPSA) is 255 Å². The normalized spacial score (nSPS) is 19.2. The minimum atomic E-state index is -1.40. The number of carbonyl (C=O) groups excluding carboxylic acids is 3. The molecule has 0 radical (unpaired) electrons. The number of aromatic carboxylic acids is 1. The maximum Gasteiger partial charge on any atom is 0.352 e. The summed E-state index contributed by atoms with van der Waals surface area (Å²) < 4.78 is 5.14. The number of nitrogens with zero attached hydrogens (tertiary/aromatic N) is 5. The zero-order valence-electron chi connectivity index (χ0n) is 18.4. The largest absolute Gasteiger partial charge is 0.477 e. The van der Waals surface area contributed by atoms with Crippen LogP contribution in [0.15, 0.2) is 34.9 Å². The van der Waals surface area contributed by atoms with E-state index in [-0.39, 0.29) is 40.1 Å². The molecule has 2 atom stereocenters. The van der Waals surface area contributed by atoms with Gasteiger partial charge in [-0.2, -0.15) is 9.36 Å². The van der Waals surface area contributed by atoms with E-state index in [1.54, 1.807) is 0 Å². The van der Waals surface area contributed by atoms with Crippen LogP contribution < -0.4 is 21.4 Å². The highest BCUT2D eigenvalue weighted by Crippen LogP contribution is 2.40. The average Bonchev–Trinajstić information content (AvgIpc) is 3.27. The van der Waals surface area contributed by atoms with E-state index in [9.17, 15) is 39.4 Å². The molecule has 0 saturated carbocycles. The fourth-order valence-corrected chi connectivity index (χ4v) is 5.55. The van der Waals surface area contributed by atoms with Crippen molar-refractivity contribution in [3.8, 4) is 0 Å². The van der Waals surface area contributed by atoms with Crippen LogP contribution in [0.3, 0.4) is 0 Å². The van der Waals surface area contributed by atoms with Gasteiger partial charge in [-0.05, 0) is 0 Å². The van der Waals surface area contributed by atoms with Gasteiger partial charge in [-0.25, -0.2) is 14.2 Å². The molecule has 0 spiro atoms. The Hall–Kier alpha value is -4.58. The molecule has 2 aromatic rings. The number of hydrogen-bond donors (Lipinski definition) is 6. The van der Waals surface area contributed by atoms with Crippen molar-refractivity contribution in [2.75, 3.05) is 11.5 Å². The number of pyridine rings is 1. The van der Waals surface area contributed by atoms with Crippen molar-refractivity contribution in [3.05, 3.63) is 46.7 Å². The summed E-state index contributed by atoms with van der Waals surface area (Å²) in [7, 11) is 0. The highest BCUT2D eigenvalue weighted by atomic mass is 32.2. The lowest BCUT2D eigenvalue weighted by molar-refractivity contribution is -0.689. The molecule has 4 rings (SSSR count). The van der Waals surface area contributed by atoms with Gasteiger partial charge in [0.05, 0.1) is 5.56 Å². The van der Waals surface area contributed by atoms with Crippen molar-refractivity contribution in [2.24, 2.45) is 10.9 Å². The monoisotopic (exact) mass is 549 g/mol. The summed E-state index contributed by atoms with van der Waals surface area (Å²) in [6.07, 6.45) is 2.51. The number of hydrogen-bond acceptors (Lipinski definition) is 12. The minimum Gasteiger partial charge on any atom is -0.477 e. The molecule has 37 heavy (non-hydrogen) atoms. The Kier molecular flexibility index (Phi) is 6.77. The summed E-state index contributed by atoms with van der Waals surface area (Å²) >= 11 is 1.94. The first-order valence-electron chi connectivity index (χ1n) is 10.1. The number of carboxylic acid groups (broad SMARTS) is 2. The number of carbonyl (C=O) groups is 5. The Morgan fingerprint density at radius 1 is 1.24 bits per heavy atom. The molecule has 2 aliphatic heterocycles. The Bertz CT molecular complexity index is 1420. The van der Waals surface area contributed by atoms with Gasteiger partial charge in [0.1, 0.15) is 22.7 Å². The molecule has 2 aromatic heterocycles. The summed E-state index contributed by atoms with van der Waals surface area (Å²) in [5.41, 5.74) is 9.51. The van der Waals surface area contributed by atoms with Crippen molar-refractivity contribution in [3.63, 3.8) is 0 Å². The molecular weight excluding hydrogens is 532 g/mol. The first-order chi connectivity index (χ1) is 17.5. The predicted molar refractivity (Wildman–Crippen MR) is 124 cm³/mol. The zero-order valence-corrected chi connectivity index (χ0v) is 20.0. The molecule has 16 nitrogen and oxygen atoms in total. The number of nitrogen functional groups attached to an aromatic ring is 1. The van der Waals surface area contributed by atoms with Gasteiger partial charge in [-0.3, -0.25) is 19.3 Å². The molecule has 18 heteroatoms. The second kappa shape index (κ2) is 9.82. The van der Waals surface area contributed by atoms with Crippen LogP contribution in [-0.2, 0) is 20.9 Å². The molecule has 0 bridgehead atoms. The lowest BCUT2D eigenvalue weighted by Crippen LogP contribution is -2.71. The number of primary amides is 1. The second-order valence-electron chi connectivity index (χ2n) is 7.64. The summed E-state index contributed by atoms with van der Waals surface area (Å²) in [5.74, 6) is -5.52. The number of aromatic nitrogens is 3. The number of β-lactam (4-membered cyclic amide) rings is 1. The number of anilines is 1. The quantitative estimate of drug-likeness (QED) is 0.0675. The number of thioether (sulfide) groups is 1. The van der Waals surface area contributed by atoms with E-state index < -0.39 is 46.8 Å². The van der Waals surface area contributed by atoms with E-state index in [4.69, 9.17) is 11.5 Å². The number of carboxylic acids is 2. The number of amides is 3. The van der Waals surface area contributed by atoms with Crippen LogP contribution in [0, 0.1) is 0 Å². The lowest BCUT2D eigenvalue weighted by atomic mass is 10.0. The molecule has 192 valence electrons. The second-order valence-corrected chi connectivity index (χ2v) is 9.53. The van der Waals surface area contributed by atoms with Gasteiger partial charge in [0.2, 0.25) is 17.4 Å². The van der Waals surface area contributed by atoms with Crippen LogP contribution >= 0.6 is 23.3 Å². The number of fused-ring (bicyclic) bond motifs is 1.